The van der Waals surface area contributed by atoms with Gasteiger partial charge in [-0.05, 0) is 30.2 Å². The molecule has 1 heterocycles. The van der Waals surface area contributed by atoms with E-state index < -0.39 is 17.5 Å². The number of hydrazone groups is 1. The van der Waals surface area contributed by atoms with Crippen LogP contribution in [-0.4, -0.2) is 36.8 Å². The Labute approximate surface area is 163 Å². The molecule has 0 aromatic heterocycles. The molecule has 0 saturated carbocycles. The minimum Gasteiger partial charge on any atom is -0.374 e. The smallest absolute Gasteiger partial charge is 0.346 e. The first-order chi connectivity index (χ1) is 13.5. The predicted molar refractivity (Wildman–Crippen MR) is 107 cm³/mol. The summed E-state index contributed by atoms with van der Waals surface area (Å²) in [4.78, 5) is 27.1. The molecule has 0 aliphatic carbocycles. The average Bonchev–Trinajstić information content (AvgIpc) is 2.94. The molecule has 0 spiro atoms. The van der Waals surface area contributed by atoms with E-state index in [2.05, 4.69) is 16.5 Å². The lowest BCUT2D eigenvalue weighted by atomic mass is 9.92. The van der Waals surface area contributed by atoms with Crippen molar-refractivity contribution < 1.29 is 9.59 Å². The predicted octanol–water partition coefficient (Wildman–Crippen LogP) is 2.84. The Morgan fingerprint density at radius 2 is 1.86 bits per heavy atom. The number of hydrogen-bond donors (Lipinski definition) is 1. The Kier molecular flexibility index (Phi) is 5.41. The molecule has 1 saturated heterocycles. The van der Waals surface area contributed by atoms with Gasteiger partial charge >= 0.3 is 6.03 Å². The summed E-state index contributed by atoms with van der Waals surface area (Å²) in [6, 6.07) is 18.1. The number of rotatable bonds is 6. The zero-order valence-electron chi connectivity index (χ0n) is 15.8. The van der Waals surface area contributed by atoms with E-state index in [0.29, 0.717) is 18.5 Å². The van der Waals surface area contributed by atoms with Crippen molar-refractivity contribution in [3.8, 4) is 6.07 Å². The van der Waals surface area contributed by atoms with Gasteiger partial charge in [-0.15, -0.1) is 5.01 Å². The molecule has 0 bridgehead atoms. The summed E-state index contributed by atoms with van der Waals surface area (Å²) in [5.74, 6) is -0.423. The first-order valence-electron chi connectivity index (χ1n) is 8.90. The first kappa shape index (κ1) is 19.1. The van der Waals surface area contributed by atoms with Crippen molar-refractivity contribution in [3.05, 3.63) is 65.7 Å². The number of anilines is 1. The van der Waals surface area contributed by atoms with Crippen LogP contribution in [-0.2, 0) is 10.3 Å². The molecule has 1 N–H and O–H groups in total. The second kappa shape index (κ2) is 7.92. The van der Waals surface area contributed by atoms with Crippen LogP contribution in [0.5, 0.6) is 0 Å². The third-order valence-corrected chi connectivity index (χ3v) is 4.74. The number of carbonyl (C=O) groups excluding carboxylic acids is 2. The molecular weight excluding hydrogens is 354 g/mol. The summed E-state index contributed by atoms with van der Waals surface area (Å²) >= 11 is 0. The summed E-state index contributed by atoms with van der Waals surface area (Å²) in [5.41, 5.74) is 1.30. The number of nitrogens with one attached hydrogen (secondary N) is 1. The van der Waals surface area contributed by atoms with Gasteiger partial charge in [0.15, 0.2) is 0 Å². The Morgan fingerprint density at radius 1 is 1.18 bits per heavy atom. The Morgan fingerprint density at radius 3 is 2.50 bits per heavy atom. The third-order valence-electron chi connectivity index (χ3n) is 4.74. The van der Waals surface area contributed by atoms with E-state index in [1.807, 2.05) is 54.4 Å². The van der Waals surface area contributed by atoms with Gasteiger partial charge in [0, 0.05) is 19.3 Å². The highest BCUT2D eigenvalue weighted by Crippen LogP contribution is 2.28. The minimum absolute atomic E-state index is 0.423. The van der Waals surface area contributed by atoms with Crippen molar-refractivity contribution in [3.63, 3.8) is 0 Å². The monoisotopic (exact) mass is 375 g/mol. The summed E-state index contributed by atoms with van der Waals surface area (Å²) in [5, 5.41) is 16.3. The van der Waals surface area contributed by atoms with Crippen LogP contribution < -0.4 is 10.2 Å². The summed E-state index contributed by atoms with van der Waals surface area (Å²) in [7, 11) is 1.91. The molecule has 1 atom stereocenters. The molecule has 0 radical (unpaired) electrons. The zero-order valence-corrected chi connectivity index (χ0v) is 15.8. The number of nitriles is 1. The lowest BCUT2D eigenvalue weighted by molar-refractivity contribution is -0.131. The van der Waals surface area contributed by atoms with Gasteiger partial charge in [0.25, 0.3) is 5.91 Å². The van der Waals surface area contributed by atoms with Gasteiger partial charge in [0.05, 0.1) is 18.7 Å². The minimum atomic E-state index is -1.14. The molecule has 1 fully saturated rings. The van der Waals surface area contributed by atoms with Crippen LogP contribution in [0.25, 0.3) is 0 Å². The number of carbonyl (C=O) groups is 2. The van der Waals surface area contributed by atoms with Gasteiger partial charge in [0.2, 0.25) is 0 Å². The number of benzene rings is 2. The number of amides is 3. The van der Waals surface area contributed by atoms with Crippen molar-refractivity contribution in [2.45, 2.75) is 18.9 Å². The second-order valence-electron chi connectivity index (χ2n) is 6.70. The van der Waals surface area contributed by atoms with E-state index in [1.165, 1.54) is 6.21 Å². The summed E-state index contributed by atoms with van der Waals surface area (Å²) in [6.07, 6.45) is 1.93. The maximum atomic E-state index is 12.8. The normalized spacial score (nSPS) is 19.0. The highest BCUT2D eigenvalue weighted by Gasteiger charge is 2.49. The fraction of sp³-hybridized carbons (Fsp3) is 0.238. The molecular formula is C21H21N5O2. The SMILES string of the molecule is CN(CCC#N)c1ccc(/C=N\N2C(=O)N[C@](C)(c3ccccc3)C2=O)cc1. The van der Waals surface area contributed by atoms with Crippen LogP contribution in [0.2, 0.25) is 0 Å². The van der Waals surface area contributed by atoms with E-state index >= 15 is 0 Å². The molecule has 7 nitrogen and oxygen atoms in total. The van der Waals surface area contributed by atoms with Crippen LogP contribution in [0.3, 0.4) is 0 Å². The molecule has 3 amide bonds. The van der Waals surface area contributed by atoms with Crippen LogP contribution >= 0.6 is 0 Å². The molecule has 7 heteroatoms. The number of hydrogen-bond acceptors (Lipinski definition) is 5. The standard InChI is InChI=1S/C21H21N5O2/c1-21(17-7-4-3-5-8-17)19(27)26(20(28)24-21)23-15-16-9-11-18(12-10-16)25(2)14-6-13-22/h3-5,7-12,15H,6,14H2,1-2H3,(H,24,28)/b23-15-/t21-/m1/s1. The highest BCUT2D eigenvalue weighted by atomic mass is 16.2. The van der Waals surface area contributed by atoms with Crippen LogP contribution in [0.15, 0.2) is 59.7 Å². The lowest BCUT2D eigenvalue weighted by Crippen LogP contribution is -2.40. The average molecular weight is 375 g/mol. The van der Waals surface area contributed by atoms with Gasteiger partial charge in [0.1, 0.15) is 5.54 Å². The van der Waals surface area contributed by atoms with Crippen molar-refractivity contribution in [1.29, 1.82) is 5.26 Å². The Balaban J connectivity index is 1.73. The van der Waals surface area contributed by atoms with E-state index in [-0.39, 0.29) is 0 Å². The first-order valence-corrected chi connectivity index (χ1v) is 8.90. The van der Waals surface area contributed by atoms with E-state index in [9.17, 15) is 9.59 Å². The fourth-order valence-electron chi connectivity index (χ4n) is 2.98. The van der Waals surface area contributed by atoms with Crippen LogP contribution in [0.4, 0.5) is 10.5 Å². The number of imide groups is 1. The van der Waals surface area contributed by atoms with E-state index in [0.717, 1.165) is 16.3 Å². The highest BCUT2D eigenvalue weighted by molar-refractivity contribution is 6.07. The summed E-state index contributed by atoms with van der Waals surface area (Å²) < 4.78 is 0. The molecule has 28 heavy (non-hydrogen) atoms. The van der Waals surface area contributed by atoms with Crippen LogP contribution in [0, 0.1) is 11.3 Å². The zero-order chi connectivity index (χ0) is 20.1. The molecule has 3 rings (SSSR count). The third kappa shape index (κ3) is 3.71. The van der Waals surface area contributed by atoms with Gasteiger partial charge in [-0.3, -0.25) is 4.79 Å². The van der Waals surface area contributed by atoms with Gasteiger partial charge in [-0.1, -0.05) is 42.5 Å². The maximum Gasteiger partial charge on any atom is 0.346 e. The van der Waals surface area contributed by atoms with E-state index in [4.69, 9.17) is 5.26 Å². The number of nitrogens with zero attached hydrogens (tertiary/aromatic N) is 4. The van der Waals surface area contributed by atoms with Crippen molar-refractivity contribution >= 4 is 23.8 Å². The molecule has 1 aliphatic rings. The lowest BCUT2D eigenvalue weighted by Gasteiger charge is -2.20. The fourth-order valence-corrected chi connectivity index (χ4v) is 2.98. The molecule has 142 valence electrons. The maximum absolute atomic E-state index is 12.8. The van der Waals surface area contributed by atoms with Crippen molar-refractivity contribution in [1.82, 2.24) is 10.3 Å². The summed E-state index contributed by atoms with van der Waals surface area (Å²) in [6.45, 7) is 2.31. The van der Waals surface area contributed by atoms with Crippen molar-refractivity contribution in [2.75, 3.05) is 18.5 Å². The van der Waals surface area contributed by atoms with Gasteiger partial charge < -0.3 is 10.2 Å². The molecule has 0 unspecified atom stereocenters. The Bertz CT molecular complexity index is 934. The molecule has 2 aromatic rings. The van der Waals surface area contributed by atoms with Crippen molar-refractivity contribution in [2.24, 2.45) is 5.10 Å². The second-order valence-corrected chi connectivity index (χ2v) is 6.70. The largest absolute Gasteiger partial charge is 0.374 e. The molecule has 1 aliphatic heterocycles. The number of urea groups is 1. The van der Waals surface area contributed by atoms with E-state index in [1.54, 1.807) is 19.1 Å². The van der Waals surface area contributed by atoms with Gasteiger partial charge in [-0.2, -0.15) is 10.4 Å². The Hall–Kier alpha value is -3.66. The molecule has 2 aromatic carbocycles. The quantitative estimate of drug-likeness (QED) is 0.621. The topological polar surface area (TPSA) is 88.8 Å². The van der Waals surface area contributed by atoms with Crippen LogP contribution in [0.1, 0.15) is 24.5 Å². The van der Waals surface area contributed by atoms with Gasteiger partial charge in [-0.25, -0.2) is 4.79 Å².